The highest BCUT2D eigenvalue weighted by Crippen LogP contribution is 2.18. The number of benzene rings is 1. The molecule has 0 aliphatic heterocycles. The quantitative estimate of drug-likeness (QED) is 0.760. The van der Waals surface area contributed by atoms with Gasteiger partial charge in [0.15, 0.2) is 5.69 Å². The number of aromatic amines is 1. The molecule has 1 heterocycles. The maximum absolute atomic E-state index is 11.4. The van der Waals surface area contributed by atoms with Crippen LogP contribution in [0.2, 0.25) is 0 Å². The Morgan fingerprint density at radius 3 is 3.00 bits per heavy atom. The molecule has 1 aromatic heterocycles. The molecule has 0 bridgehead atoms. The van der Waals surface area contributed by atoms with Crippen LogP contribution in [-0.2, 0) is 11.2 Å². The third-order valence-electron chi connectivity index (χ3n) is 2.41. The first-order valence-corrected chi connectivity index (χ1v) is 4.81. The fraction of sp³-hybridized carbons (Fsp3) is 0.273. The van der Waals surface area contributed by atoms with Crippen molar-refractivity contribution in [1.29, 1.82) is 0 Å². The molecule has 78 valence electrons. The van der Waals surface area contributed by atoms with E-state index < -0.39 is 5.97 Å². The summed E-state index contributed by atoms with van der Waals surface area (Å²) in [4.78, 5) is 11.4. The Morgan fingerprint density at radius 2 is 2.33 bits per heavy atom. The lowest BCUT2D eigenvalue weighted by molar-refractivity contribution is 0.0596. The van der Waals surface area contributed by atoms with E-state index in [1.54, 1.807) is 0 Å². The first-order chi connectivity index (χ1) is 7.26. The van der Waals surface area contributed by atoms with Gasteiger partial charge in [-0.3, -0.25) is 5.10 Å². The molecule has 4 nitrogen and oxygen atoms in total. The molecule has 0 saturated carbocycles. The second kappa shape index (κ2) is 3.73. The van der Waals surface area contributed by atoms with E-state index in [1.807, 2.05) is 18.2 Å². The number of carbonyl (C=O) groups excluding carboxylic acids is 1. The van der Waals surface area contributed by atoms with Gasteiger partial charge in [0.05, 0.1) is 12.6 Å². The van der Waals surface area contributed by atoms with Gasteiger partial charge in [-0.25, -0.2) is 4.79 Å². The maximum atomic E-state index is 11.4. The van der Waals surface area contributed by atoms with Gasteiger partial charge in [0.2, 0.25) is 0 Å². The summed E-state index contributed by atoms with van der Waals surface area (Å²) in [7, 11) is 1.35. The largest absolute Gasteiger partial charge is 0.464 e. The van der Waals surface area contributed by atoms with Gasteiger partial charge >= 0.3 is 5.97 Å². The fourth-order valence-corrected chi connectivity index (χ4v) is 1.53. The molecule has 15 heavy (non-hydrogen) atoms. The average Bonchev–Trinajstić information content (AvgIpc) is 2.70. The molecule has 0 atom stereocenters. The van der Waals surface area contributed by atoms with E-state index in [4.69, 9.17) is 0 Å². The number of nitrogens with one attached hydrogen (secondary N) is 1. The molecule has 0 aliphatic rings. The first kappa shape index (κ1) is 9.71. The summed E-state index contributed by atoms with van der Waals surface area (Å²) in [5, 5.41) is 7.57. The second-order valence-corrected chi connectivity index (χ2v) is 3.30. The van der Waals surface area contributed by atoms with Crippen molar-refractivity contribution in [1.82, 2.24) is 10.2 Å². The summed E-state index contributed by atoms with van der Waals surface area (Å²) >= 11 is 0. The van der Waals surface area contributed by atoms with Crippen molar-refractivity contribution in [2.45, 2.75) is 13.3 Å². The van der Waals surface area contributed by atoms with Gasteiger partial charge in [-0.15, -0.1) is 0 Å². The van der Waals surface area contributed by atoms with Gasteiger partial charge in [-0.05, 0) is 24.1 Å². The molecule has 2 rings (SSSR count). The van der Waals surface area contributed by atoms with Gasteiger partial charge in [-0.2, -0.15) is 5.10 Å². The molecule has 0 saturated heterocycles. The average molecular weight is 204 g/mol. The van der Waals surface area contributed by atoms with Crippen LogP contribution in [0.25, 0.3) is 10.9 Å². The molecule has 0 amide bonds. The summed E-state index contributed by atoms with van der Waals surface area (Å²) in [5.41, 5.74) is 2.38. The number of ether oxygens (including phenoxy) is 1. The molecule has 0 radical (unpaired) electrons. The molecule has 0 unspecified atom stereocenters. The van der Waals surface area contributed by atoms with Crippen molar-refractivity contribution in [2.75, 3.05) is 7.11 Å². The molecular weight excluding hydrogens is 192 g/mol. The number of aryl methyl sites for hydroxylation is 1. The van der Waals surface area contributed by atoms with Crippen LogP contribution in [0.15, 0.2) is 18.2 Å². The standard InChI is InChI=1S/C11H12N2O2/c1-3-7-4-5-9-8(6-7)10(13-12-9)11(14)15-2/h4-6H,3H2,1-2H3,(H,12,13). The monoisotopic (exact) mass is 204 g/mol. The fourth-order valence-electron chi connectivity index (χ4n) is 1.53. The minimum atomic E-state index is -0.408. The lowest BCUT2D eigenvalue weighted by Crippen LogP contribution is -2.02. The number of fused-ring (bicyclic) bond motifs is 1. The Labute approximate surface area is 87.2 Å². The van der Waals surface area contributed by atoms with Gasteiger partial charge in [-0.1, -0.05) is 13.0 Å². The number of methoxy groups -OCH3 is 1. The number of H-pyrrole nitrogens is 1. The lowest BCUT2D eigenvalue weighted by Gasteiger charge is -1.97. The van der Waals surface area contributed by atoms with Crippen LogP contribution in [0.5, 0.6) is 0 Å². The SMILES string of the molecule is CCc1ccc2[nH]nc(C(=O)OC)c2c1. The maximum Gasteiger partial charge on any atom is 0.359 e. The number of hydrogen-bond donors (Lipinski definition) is 1. The normalized spacial score (nSPS) is 10.5. The predicted octanol–water partition coefficient (Wildman–Crippen LogP) is 1.91. The number of rotatable bonds is 2. The van der Waals surface area contributed by atoms with E-state index >= 15 is 0 Å². The van der Waals surface area contributed by atoms with Crippen molar-refractivity contribution >= 4 is 16.9 Å². The lowest BCUT2D eigenvalue weighted by atomic mass is 10.1. The summed E-state index contributed by atoms with van der Waals surface area (Å²) in [6.45, 7) is 2.07. The summed E-state index contributed by atoms with van der Waals surface area (Å²) in [6.07, 6.45) is 0.932. The van der Waals surface area contributed by atoms with Crippen LogP contribution < -0.4 is 0 Å². The highest BCUT2D eigenvalue weighted by Gasteiger charge is 2.14. The van der Waals surface area contributed by atoms with Crippen LogP contribution in [0, 0.1) is 0 Å². The zero-order chi connectivity index (χ0) is 10.8. The minimum Gasteiger partial charge on any atom is -0.464 e. The van der Waals surface area contributed by atoms with Crippen LogP contribution in [0.1, 0.15) is 23.0 Å². The topological polar surface area (TPSA) is 55.0 Å². The first-order valence-electron chi connectivity index (χ1n) is 4.81. The van der Waals surface area contributed by atoms with Gasteiger partial charge < -0.3 is 4.74 Å². The van der Waals surface area contributed by atoms with Crippen molar-refractivity contribution < 1.29 is 9.53 Å². The van der Waals surface area contributed by atoms with E-state index in [1.165, 1.54) is 12.7 Å². The Kier molecular flexibility index (Phi) is 2.41. The highest BCUT2D eigenvalue weighted by molar-refractivity contribution is 6.01. The molecular formula is C11H12N2O2. The second-order valence-electron chi connectivity index (χ2n) is 3.30. The van der Waals surface area contributed by atoms with E-state index in [2.05, 4.69) is 21.9 Å². The minimum absolute atomic E-state index is 0.350. The molecule has 2 aromatic rings. The van der Waals surface area contributed by atoms with Gasteiger partial charge in [0.1, 0.15) is 0 Å². The molecule has 1 N–H and O–H groups in total. The number of hydrogen-bond acceptors (Lipinski definition) is 3. The molecule has 0 aliphatic carbocycles. The number of aromatic nitrogens is 2. The van der Waals surface area contributed by atoms with E-state index in [9.17, 15) is 4.79 Å². The number of nitrogens with zero attached hydrogens (tertiary/aromatic N) is 1. The van der Waals surface area contributed by atoms with Crippen LogP contribution in [0.4, 0.5) is 0 Å². The third-order valence-corrected chi connectivity index (χ3v) is 2.41. The zero-order valence-electron chi connectivity index (χ0n) is 8.70. The molecule has 4 heteroatoms. The summed E-state index contributed by atoms with van der Waals surface area (Å²) < 4.78 is 4.65. The van der Waals surface area contributed by atoms with Gasteiger partial charge in [0, 0.05) is 5.39 Å². The highest BCUT2D eigenvalue weighted by atomic mass is 16.5. The Hall–Kier alpha value is -1.84. The number of esters is 1. The smallest absolute Gasteiger partial charge is 0.359 e. The van der Waals surface area contributed by atoms with E-state index in [-0.39, 0.29) is 0 Å². The van der Waals surface area contributed by atoms with Crippen LogP contribution in [-0.4, -0.2) is 23.3 Å². The van der Waals surface area contributed by atoms with Crippen LogP contribution in [0.3, 0.4) is 0 Å². The van der Waals surface area contributed by atoms with Crippen LogP contribution >= 0.6 is 0 Å². The molecule has 0 spiro atoms. The Balaban J connectivity index is 2.61. The van der Waals surface area contributed by atoms with E-state index in [0.29, 0.717) is 5.69 Å². The Bertz CT molecular complexity index is 502. The van der Waals surface area contributed by atoms with E-state index in [0.717, 1.165) is 17.3 Å². The number of carbonyl (C=O) groups is 1. The van der Waals surface area contributed by atoms with Crippen molar-refractivity contribution in [3.05, 3.63) is 29.5 Å². The summed E-state index contributed by atoms with van der Waals surface area (Å²) in [6, 6.07) is 5.90. The zero-order valence-corrected chi connectivity index (χ0v) is 8.70. The predicted molar refractivity (Wildman–Crippen MR) is 56.8 cm³/mol. The summed E-state index contributed by atoms with van der Waals surface area (Å²) in [5.74, 6) is -0.408. The Morgan fingerprint density at radius 1 is 1.53 bits per heavy atom. The van der Waals surface area contributed by atoms with Gasteiger partial charge in [0.25, 0.3) is 0 Å². The van der Waals surface area contributed by atoms with Crippen molar-refractivity contribution in [3.8, 4) is 0 Å². The molecule has 1 aromatic carbocycles. The molecule has 0 fully saturated rings. The van der Waals surface area contributed by atoms with Crippen molar-refractivity contribution in [3.63, 3.8) is 0 Å². The van der Waals surface area contributed by atoms with Crippen molar-refractivity contribution in [2.24, 2.45) is 0 Å². The third kappa shape index (κ3) is 1.58.